The molecule has 0 bridgehead atoms. The molecule has 130 valence electrons. The molecule has 0 saturated heterocycles. The third-order valence-corrected chi connectivity index (χ3v) is 4.39. The Hall–Kier alpha value is -2.24. The van der Waals surface area contributed by atoms with Gasteiger partial charge in [0, 0.05) is 17.6 Å². The van der Waals surface area contributed by atoms with Crippen LogP contribution in [0.5, 0.6) is 5.75 Å². The zero-order chi connectivity index (χ0) is 18.0. The van der Waals surface area contributed by atoms with Gasteiger partial charge in [0.15, 0.2) is 0 Å². The number of carbonyl (C=O) groups excluding carboxylic acids is 2. The highest BCUT2D eigenvalue weighted by Crippen LogP contribution is 2.31. The summed E-state index contributed by atoms with van der Waals surface area (Å²) in [6, 6.07) is 10.3. The van der Waals surface area contributed by atoms with E-state index in [2.05, 4.69) is 10.6 Å². The van der Waals surface area contributed by atoms with Crippen molar-refractivity contribution in [2.75, 3.05) is 17.2 Å². The number of rotatable bonds is 3. The summed E-state index contributed by atoms with van der Waals surface area (Å²) < 4.78 is 5.64. The number of nitrogens with one attached hydrogen (secondary N) is 2. The van der Waals surface area contributed by atoms with E-state index in [0.29, 0.717) is 34.4 Å². The Bertz CT molecular complexity index is 839. The molecule has 25 heavy (non-hydrogen) atoms. The molecule has 1 aliphatic rings. The lowest BCUT2D eigenvalue weighted by Gasteiger charge is -2.24. The second-order valence-corrected chi connectivity index (χ2v) is 6.67. The Balaban J connectivity index is 1.68. The lowest BCUT2D eigenvalue weighted by Crippen LogP contribution is -2.32. The molecule has 0 aliphatic carbocycles. The molecular weight excluding hydrogens is 363 g/mol. The summed E-state index contributed by atoms with van der Waals surface area (Å²) in [5.41, 5.74) is 1.97. The van der Waals surface area contributed by atoms with Crippen molar-refractivity contribution in [3.05, 3.63) is 52.0 Å². The minimum Gasteiger partial charge on any atom is -0.492 e. The lowest BCUT2D eigenvalue weighted by atomic mass is 9.96. The largest absolute Gasteiger partial charge is 0.492 e. The van der Waals surface area contributed by atoms with Crippen LogP contribution in [0.25, 0.3) is 0 Å². The maximum absolute atomic E-state index is 12.5. The van der Waals surface area contributed by atoms with Crippen molar-refractivity contribution in [2.24, 2.45) is 5.92 Å². The highest BCUT2D eigenvalue weighted by atomic mass is 35.5. The Morgan fingerprint density at radius 1 is 1.12 bits per heavy atom. The second kappa shape index (κ2) is 7.33. The third-order valence-electron chi connectivity index (χ3n) is 3.85. The molecule has 2 aromatic carbocycles. The van der Waals surface area contributed by atoms with Crippen LogP contribution in [0.2, 0.25) is 10.0 Å². The second-order valence-electron chi connectivity index (χ2n) is 5.83. The molecule has 2 aromatic rings. The van der Waals surface area contributed by atoms with E-state index in [-0.39, 0.29) is 17.7 Å². The molecule has 1 atom stereocenters. The number of ether oxygens (including phenoxy) is 1. The molecule has 0 saturated carbocycles. The number of hydrogen-bond acceptors (Lipinski definition) is 3. The first kappa shape index (κ1) is 17.6. The van der Waals surface area contributed by atoms with Gasteiger partial charge < -0.3 is 15.4 Å². The van der Waals surface area contributed by atoms with Gasteiger partial charge in [0.25, 0.3) is 0 Å². The predicted octanol–water partition coefficient (Wildman–Crippen LogP) is 4.14. The normalized spacial score (nSPS) is 15.7. The van der Waals surface area contributed by atoms with Gasteiger partial charge in [0.05, 0.1) is 16.6 Å². The Morgan fingerprint density at radius 3 is 2.64 bits per heavy atom. The lowest BCUT2D eigenvalue weighted by molar-refractivity contribution is -0.121. The molecule has 5 nitrogen and oxygen atoms in total. The van der Waals surface area contributed by atoms with Gasteiger partial charge in [0.1, 0.15) is 12.4 Å². The monoisotopic (exact) mass is 378 g/mol. The summed E-state index contributed by atoms with van der Waals surface area (Å²) in [5, 5.41) is 6.41. The number of halogens is 2. The van der Waals surface area contributed by atoms with Gasteiger partial charge in [-0.15, -0.1) is 0 Å². The summed E-state index contributed by atoms with van der Waals surface area (Å²) in [4.78, 5) is 23.6. The number of fused-ring (bicyclic) bond motifs is 1. The van der Waals surface area contributed by atoms with Crippen LogP contribution in [-0.4, -0.2) is 18.4 Å². The van der Waals surface area contributed by atoms with Crippen LogP contribution in [0, 0.1) is 5.92 Å². The number of amides is 2. The minimum absolute atomic E-state index is 0.158. The van der Waals surface area contributed by atoms with Crippen LogP contribution in [-0.2, 0) is 16.0 Å². The van der Waals surface area contributed by atoms with Crippen molar-refractivity contribution in [3.8, 4) is 5.75 Å². The van der Waals surface area contributed by atoms with E-state index in [0.717, 1.165) is 11.3 Å². The Labute approximate surface area is 155 Å². The molecule has 1 aliphatic heterocycles. The quantitative estimate of drug-likeness (QED) is 0.842. The SMILES string of the molecule is CC(=O)Nc1ccc(NC(=O)C2COc3ccc(Cl)cc3C2)cc1Cl. The van der Waals surface area contributed by atoms with Crippen LogP contribution in [0.1, 0.15) is 12.5 Å². The molecule has 7 heteroatoms. The third kappa shape index (κ3) is 4.24. The number of carbonyl (C=O) groups is 2. The first-order chi connectivity index (χ1) is 11.9. The highest BCUT2D eigenvalue weighted by molar-refractivity contribution is 6.34. The molecular formula is C18H16Cl2N2O3. The van der Waals surface area contributed by atoms with Gasteiger partial charge in [-0.25, -0.2) is 0 Å². The molecule has 0 spiro atoms. The van der Waals surface area contributed by atoms with Crippen molar-refractivity contribution in [2.45, 2.75) is 13.3 Å². The number of benzene rings is 2. The zero-order valence-corrected chi connectivity index (χ0v) is 14.9. The van der Waals surface area contributed by atoms with Crippen LogP contribution in [0.3, 0.4) is 0 Å². The van der Waals surface area contributed by atoms with Gasteiger partial charge in [-0.1, -0.05) is 23.2 Å². The Morgan fingerprint density at radius 2 is 1.92 bits per heavy atom. The van der Waals surface area contributed by atoms with Gasteiger partial charge in [-0.3, -0.25) is 9.59 Å². The van der Waals surface area contributed by atoms with Crippen LogP contribution in [0.4, 0.5) is 11.4 Å². The van der Waals surface area contributed by atoms with E-state index in [9.17, 15) is 9.59 Å². The van der Waals surface area contributed by atoms with E-state index in [1.807, 2.05) is 12.1 Å². The highest BCUT2D eigenvalue weighted by Gasteiger charge is 2.26. The van der Waals surface area contributed by atoms with Crippen molar-refractivity contribution in [3.63, 3.8) is 0 Å². The van der Waals surface area contributed by atoms with Crippen LogP contribution >= 0.6 is 23.2 Å². The van der Waals surface area contributed by atoms with Gasteiger partial charge >= 0.3 is 0 Å². The van der Waals surface area contributed by atoms with Crippen molar-refractivity contribution in [1.82, 2.24) is 0 Å². The average Bonchev–Trinajstić information content (AvgIpc) is 2.56. The predicted molar refractivity (Wildman–Crippen MR) is 98.5 cm³/mol. The van der Waals surface area contributed by atoms with Crippen molar-refractivity contribution in [1.29, 1.82) is 0 Å². The van der Waals surface area contributed by atoms with Crippen molar-refractivity contribution >= 4 is 46.4 Å². The standard InChI is InChI=1S/C18H16Cl2N2O3/c1-10(23)21-16-4-3-14(8-15(16)20)22-18(24)12-6-11-7-13(19)2-5-17(11)25-9-12/h2-5,7-8,12H,6,9H2,1H3,(H,21,23)(H,22,24). The van der Waals surface area contributed by atoms with Crippen LogP contribution in [0.15, 0.2) is 36.4 Å². The van der Waals surface area contributed by atoms with E-state index < -0.39 is 0 Å². The average molecular weight is 379 g/mol. The van der Waals surface area contributed by atoms with E-state index in [4.69, 9.17) is 27.9 Å². The maximum atomic E-state index is 12.5. The van der Waals surface area contributed by atoms with E-state index >= 15 is 0 Å². The number of anilines is 2. The van der Waals surface area contributed by atoms with Gasteiger partial charge in [-0.2, -0.15) is 0 Å². The summed E-state index contributed by atoms with van der Waals surface area (Å²) in [5.74, 6) is 0.0697. The fourth-order valence-electron chi connectivity index (χ4n) is 2.66. The fraction of sp³-hybridized carbons (Fsp3) is 0.222. The van der Waals surface area contributed by atoms with Crippen molar-refractivity contribution < 1.29 is 14.3 Å². The fourth-order valence-corrected chi connectivity index (χ4v) is 3.08. The zero-order valence-electron chi connectivity index (χ0n) is 13.4. The summed E-state index contributed by atoms with van der Waals surface area (Å²) in [7, 11) is 0. The first-order valence-corrected chi connectivity index (χ1v) is 8.47. The Kier molecular flexibility index (Phi) is 5.16. The topological polar surface area (TPSA) is 67.4 Å². The molecule has 2 N–H and O–H groups in total. The molecule has 2 amide bonds. The van der Waals surface area contributed by atoms with Crippen LogP contribution < -0.4 is 15.4 Å². The summed E-state index contributed by atoms with van der Waals surface area (Å²) in [6.45, 7) is 1.71. The molecule has 0 radical (unpaired) electrons. The molecule has 0 fully saturated rings. The molecule has 3 rings (SSSR count). The van der Waals surface area contributed by atoms with Gasteiger partial charge in [-0.05, 0) is 48.4 Å². The minimum atomic E-state index is -0.320. The van der Waals surface area contributed by atoms with Gasteiger partial charge in [0.2, 0.25) is 11.8 Å². The summed E-state index contributed by atoms with van der Waals surface area (Å²) in [6.07, 6.45) is 0.555. The molecule has 0 aromatic heterocycles. The number of hydrogen-bond donors (Lipinski definition) is 2. The van der Waals surface area contributed by atoms with E-state index in [1.54, 1.807) is 24.3 Å². The van der Waals surface area contributed by atoms with E-state index in [1.165, 1.54) is 6.92 Å². The first-order valence-electron chi connectivity index (χ1n) is 7.71. The maximum Gasteiger partial charge on any atom is 0.231 e. The molecule has 1 heterocycles. The molecule has 1 unspecified atom stereocenters. The smallest absolute Gasteiger partial charge is 0.231 e. The summed E-state index contributed by atoms with van der Waals surface area (Å²) >= 11 is 12.1.